The molecule has 88 valence electrons. The van der Waals surface area contributed by atoms with Gasteiger partial charge < -0.3 is 4.74 Å². The van der Waals surface area contributed by atoms with Gasteiger partial charge >= 0.3 is 6.61 Å². The molecule has 0 aromatic heterocycles. The number of rotatable bonds is 5. The Bertz CT molecular complexity index is 380. The fourth-order valence-corrected chi connectivity index (χ4v) is 1.47. The van der Waals surface area contributed by atoms with E-state index in [-0.39, 0.29) is 23.8 Å². The lowest BCUT2D eigenvalue weighted by Gasteiger charge is -2.08. The lowest BCUT2D eigenvalue weighted by Crippen LogP contribution is -2.06. The van der Waals surface area contributed by atoms with Crippen LogP contribution in [-0.4, -0.2) is 18.3 Å². The van der Waals surface area contributed by atoms with Gasteiger partial charge in [0.2, 0.25) is 0 Å². The SMILES string of the molecule is Cc1cc(CC(=O)CCl)cc(OC(F)F)c1. The highest BCUT2D eigenvalue weighted by atomic mass is 35.5. The summed E-state index contributed by atoms with van der Waals surface area (Å²) in [6, 6.07) is 4.65. The Hall–Kier alpha value is -1.16. The van der Waals surface area contributed by atoms with Crippen LogP contribution in [0.15, 0.2) is 18.2 Å². The Labute approximate surface area is 97.2 Å². The second kappa shape index (κ2) is 5.80. The van der Waals surface area contributed by atoms with Crippen molar-refractivity contribution in [3.05, 3.63) is 29.3 Å². The number of hydrogen-bond acceptors (Lipinski definition) is 2. The van der Waals surface area contributed by atoms with E-state index in [1.807, 2.05) is 0 Å². The van der Waals surface area contributed by atoms with Crippen LogP contribution in [0.25, 0.3) is 0 Å². The summed E-state index contributed by atoms with van der Waals surface area (Å²) in [5.41, 5.74) is 1.39. The van der Waals surface area contributed by atoms with E-state index in [1.165, 1.54) is 12.1 Å². The van der Waals surface area contributed by atoms with Crippen LogP contribution in [0.5, 0.6) is 5.75 Å². The molecule has 0 amide bonds. The normalized spacial score (nSPS) is 10.6. The maximum Gasteiger partial charge on any atom is 0.387 e. The lowest BCUT2D eigenvalue weighted by atomic mass is 10.1. The molecule has 0 saturated carbocycles. The second-order valence-corrected chi connectivity index (χ2v) is 3.65. The first-order valence-electron chi connectivity index (χ1n) is 4.64. The van der Waals surface area contributed by atoms with Gasteiger partial charge in [-0.1, -0.05) is 6.07 Å². The summed E-state index contributed by atoms with van der Waals surface area (Å²) in [7, 11) is 0. The standard InChI is InChI=1S/C11H11ClF2O2/c1-7-2-8(4-9(15)6-12)5-10(3-7)16-11(13)14/h2-3,5,11H,4,6H2,1H3. The predicted molar refractivity (Wildman–Crippen MR) is 57.2 cm³/mol. The molecule has 0 N–H and O–H groups in total. The Morgan fingerprint density at radius 2 is 2.12 bits per heavy atom. The van der Waals surface area contributed by atoms with Crippen LogP contribution in [0.1, 0.15) is 11.1 Å². The summed E-state index contributed by atoms with van der Waals surface area (Å²) >= 11 is 5.37. The Kier molecular flexibility index (Phi) is 4.68. The monoisotopic (exact) mass is 248 g/mol. The van der Waals surface area contributed by atoms with Gasteiger partial charge in [-0.25, -0.2) is 0 Å². The molecular weight excluding hydrogens is 238 g/mol. The van der Waals surface area contributed by atoms with Crippen molar-refractivity contribution < 1.29 is 18.3 Å². The molecule has 0 saturated heterocycles. The molecule has 0 aliphatic rings. The van der Waals surface area contributed by atoms with E-state index in [9.17, 15) is 13.6 Å². The zero-order chi connectivity index (χ0) is 12.1. The van der Waals surface area contributed by atoms with Gasteiger partial charge in [0.25, 0.3) is 0 Å². The Balaban J connectivity index is 2.85. The number of carbonyl (C=O) groups excluding carboxylic acids is 1. The molecule has 1 aromatic carbocycles. The van der Waals surface area contributed by atoms with Crippen molar-refractivity contribution in [2.75, 3.05) is 5.88 Å². The number of hydrogen-bond donors (Lipinski definition) is 0. The van der Waals surface area contributed by atoms with Gasteiger partial charge in [0.05, 0.1) is 5.88 Å². The van der Waals surface area contributed by atoms with Crippen LogP contribution in [0.2, 0.25) is 0 Å². The van der Waals surface area contributed by atoms with Crippen LogP contribution in [0.3, 0.4) is 0 Å². The smallest absolute Gasteiger partial charge is 0.387 e. The third kappa shape index (κ3) is 4.14. The number of halogens is 3. The van der Waals surface area contributed by atoms with Gasteiger partial charge in [-0.2, -0.15) is 8.78 Å². The zero-order valence-electron chi connectivity index (χ0n) is 8.67. The van der Waals surface area contributed by atoms with Gasteiger partial charge in [-0.05, 0) is 30.2 Å². The van der Waals surface area contributed by atoms with Crippen molar-refractivity contribution in [1.29, 1.82) is 0 Å². The highest BCUT2D eigenvalue weighted by Gasteiger charge is 2.08. The Morgan fingerprint density at radius 1 is 1.44 bits per heavy atom. The van der Waals surface area contributed by atoms with Crippen molar-refractivity contribution >= 4 is 17.4 Å². The third-order valence-electron chi connectivity index (χ3n) is 1.89. The molecule has 0 aliphatic carbocycles. The number of ketones is 1. The molecule has 0 unspecified atom stereocenters. The number of ether oxygens (including phenoxy) is 1. The van der Waals surface area contributed by atoms with E-state index in [1.54, 1.807) is 13.0 Å². The van der Waals surface area contributed by atoms with Crippen molar-refractivity contribution in [2.45, 2.75) is 20.0 Å². The molecule has 0 aliphatic heterocycles. The number of benzene rings is 1. The molecular formula is C11H11ClF2O2. The fourth-order valence-electron chi connectivity index (χ4n) is 1.37. The predicted octanol–water partition coefficient (Wildman–Crippen LogP) is 2.95. The van der Waals surface area contributed by atoms with Gasteiger partial charge in [0.1, 0.15) is 5.75 Å². The molecule has 0 radical (unpaired) electrons. The second-order valence-electron chi connectivity index (χ2n) is 3.38. The number of aryl methyl sites for hydroxylation is 1. The van der Waals surface area contributed by atoms with Gasteiger partial charge in [-0.3, -0.25) is 4.79 Å². The summed E-state index contributed by atoms with van der Waals surface area (Å²) in [6.45, 7) is -1.12. The third-order valence-corrected chi connectivity index (χ3v) is 2.18. The number of carbonyl (C=O) groups is 1. The van der Waals surface area contributed by atoms with Gasteiger partial charge in [-0.15, -0.1) is 11.6 Å². The maximum absolute atomic E-state index is 12.0. The van der Waals surface area contributed by atoms with E-state index >= 15 is 0 Å². The Morgan fingerprint density at radius 3 is 2.69 bits per heavy atom. The largest absolute Gasteiger partial charge is 0.435 e. The highest BCUT2D eigenvalue weighted by molar-refractivity contribution is 6.27. The average molecular weight is 249 g/mol. The molecule has 0 heterocycles. The van der Waals surface area contributed by atoms with Crippen molar-refractivity contribution in [3.63, 3.8) is 0 Å². The van der Waals surface area contributed by atoms with E-state index in [4.69, 9.17) is 11.6 Å². The van der Waals surface area contributed by atoms with E-state index in [0.717, 1.165) is 5.56 Å². The molecule has 1 aromatic rings. The number of alkyl halides is 3. The summed E-state index contributed by atoms with van der Waals surface area (Å²) in [4.78, 5) is 11.1. The fraction of sp³-hybridized carbons (Fsp3) is 0.364. The first kappa shape index (κ1) is 12.9. The van der Waals surface area contributed by atoms with Gasteiger partial charge in [0.15, 0.2) is 5.78 Å². The summed E-state index contributed by atoms with van der Waals surface area (Å²) in [5, 5.41) is 0. The molecule has 0 atom stereocenters. The van der Waals surface area contributed by atoms with E-state index in [0.29, 0.717) is 5.56 Å². The average Bonchev–Trinajstić information content (AvgIpc) is 2.15. The van der Waals surface area contributed by atoms with Crippen molar-refractivity contribution in [2.24, 2.45) is 0 Å². The zero-order valence-corrected chi connectivity index (χ0v) is 9.43. The van der Waals surface area contributed by atoms with Crippen LogP contribution in [0, 0.1) is 6.92 Å². The summed E-state index contributed by atoms with van der Waals surface area (Å²) in [5.74, 6) is -0.179. The molecule has 1 rings (SSSR count). The molecule has 0 bridgehead atoms. The summed E-state index contributed by atoms with van der Waals surface area (Å²) in [6.07, 6.45) is 0.130. The minimum Gasteiger partial charge on any atom is -0.435 e. The summed E-state index contributed by atoms with van der Waals surface area (Å²) < 4.78 is 28.3. The minimum atomic E-state index is -2.86. The van der Waals surface area contributed by atoms with Crippen molar-refractivity contribution in [1.82, 2.24) is 0 Å². The van der Waals surface area contributed by atoms with Crippen LogP contribution < -0.4 is 4.74 Å². The quantitative estimate of drug-likeness (QED) is 0.749. The molecule has 0 fully saturated rings. The minimum absolute atomic E-state index is 0.0624. The van der Waals surface area contributed by atoms with Crippen molar-refractivity contribution in [3.8, 4) is 5.75 Å². The van der Waals surface area contributed by atoms with Crippen LogP contribution in [0.4, 0.5) is 8.78 Å². The molecule has 2 nitrogen and oxygen atoms in total. The molecule has 0 spiro atoms. The van der Waals surface area contributed by atoms with E-state index < -0.39 is 6.61 Å². The van der Waals surface area contributed by atoms with Crippen LogP contribution in [-0.2, 0) is 11.2 Å². The first-order valence-corrected chi connectivity index (χ1v) is 5.17. The molecule has 5 heteroatoms. The lowest BCUT2D eigenvalue weighted by molar-refractivity contribution is -0.116. The van der Waals surface area contributed by atoms with Gasteiger partial charge in [0, 0.05) is 6.42 Å². The highest BCUT2D eigenvalue weighted by Crippen LogP contribution is 2.19. The maximum atomic E-state index is 12.0. The van der Waals surface area contributed by atoms with E-state index in [2.05, 4.69) is 4.74 Å². The first-order chi connectivity index (χ1) is 7.51. The number of Topliss-reactive ketones (excluding diaryl/α,β-unsaturated/α-hetero) is 1. The van der Waals surface area contributed by atoms with Crippen LogP contribution >= 0.6 is 11.6 Å². The topological polar surface area (TPSA) is 26.3 Å². The molecule has 16 heavy (non-hydrogen) atoms.